The molecule has 1 amide bonds. The van der Waals surface area contributed by atoms with Gasteiger partial charge in [0.1, 0.15) is 0 Å². The number of pyridine rings is 1. The molecule has 0 saturated carbocycles. The van der Waals surface area contributed by atoms with Crippen LogP contribution in [0.15, 0.2) is 39.9 Å². The van der Waals surface area contributed by atoms with Gasteiger partial charge in [0, 0.05) is 38.4 Å². The molecular weight excluding hydrogens is 446 g/mol. The third-order valence-corrected chi connectivity index (χ3v) is 6.30. The van der Waals surface area contributed by atoms with E-state index in [2.05, 4.69) is 39.2 Å². The Morgan fingerprint density at radius 2 is 2.03 bits per heavy atom. The van der Waals surface area contributed by atoms with E-state index < -0.39 is 11.2 Å². The van der Waals surface area contributed by atoms with Crippen molar-refractivity contribution in [1.29, 1.82) is 0 Å². The quantitative estimate of drug-likeness (QED) is 0.539. The summed E-state index contributed by atoms with van der Waals surface area (Å²) in [7, 11) is 0. The standard InChI is InChI=1S/C26H33N5O4/c1-5-31-23-22(25(33)29-26(31)34)20(12-21(28-23)16(2)3)24(32)27-13-18-7-6-8-19(11-18)15-30-9-10-35-17(4)14-30/h6-8,11-12,16-17H,5,9-10,13-15H2,1-4H3,(H,27,32)(H,29,33,34). The normalized spacial score (nSPS) is 16.7. The Morgan fingerprint density at radius 1 is 1.26 bits per heavy atom. The number of rotatable bonds is 7. The van der Waals surface area contributed by atoms with Gasteiger partial charge >= 0.3 is 5.69 Å². The number of nitrogens with zero attached hydrogens (tertiary/aromatic N) is 3. The van der Waals surface area contributed by atoms with E-state index in [-0.39, 0.29) is 34.5 Å². The molecule has 0 bridgehead atoms. The third kappa shape index (κ3) is 5.52. The SMILES string of the molecule is CCn1c(=O)[nH]c(=O)c2c(C(=O)NCc3cccc(CN4CCOC(C)C4)c3)cc(C(C)C)nc21. The van der Waals surface area contributed by atoms with E-state index in [4.69, 9.17) is 4.74 Å². The Bertz CT molecular complexity index is 1340. The predicted octanol–water partition coefficient (Wildman–Crippen LogP) is 2.38. The van der Waals surface area contributed by atoms with Gasteiger partial charge in [-0.3, -0.25) is 24.0 Å². The molecule has 35 heavy (non-hydrogen) atoms. The molecule has 3 aromatic rings. The van der Waals surface area contributed by atoms with Gasteiger partial charge in [-0.05, 0) is 37.0 Å². The highest BCUT2D eigenvalue weighted by molar-refractivity contribution is 6.05. The Balaban J connectivity index is 1.59. The number of carbonyl (C=O) groups is 1. The summed E-state index contributed by atoms with van der Waals surface area (Å²) in [6.07, 6.45) is 0.226. The van der Waals surface area contributed by atoms with Crippen LogP contribution in [-0.2, 0) is 24.4 Å². The minimum atomic E-state index is -0.607. The molecule has 1 aromatic carbocycles. The average Bonchev–Trinajstić information content (AvgIpc) is 2.82. The number of aryl methyl sites for hydroxylation is 1. The first-order valence-corrected chi connectivity index (χ1v) is 12.1. The second-order valence-corrected chi connectivity index (χ2v) is 9.37. The number of carbonyl (C=O) groups excluding carboxylic acids is 1. The highest BCUT2D eigenvalue weighted by Gasteiger charge is 2.20. The Kier molecular flexibility index (Phi) is 7.47. The van der Waals surface area contributed by atoms with Crippen molar-refractivity contribution in [1.82, 2.24) is 24.8 Å². The number of H-pyrrole nitrogens is 1. The van der Waals surface area contributed by atoms with Gasteiger partial charge in [0.25, 0.3) is 11.5 Å². The van der Waals surface area contributed by atoms with E-state index >= 15 is 0 Å². The number of hydrogen-bond acceptors (Lipinski definition) is 6. The van der Waals surface area contributed by atoms with Gasteiger partial charge in [-0.25, -0.2) is 9.78 Å². The van der Waals surface area contributed by atoms with E-state index in [1.54, 1.807) is 13.0 Å². The molecule has 1 saturated heterocycles. The molecule has 1 fully saturated rings. The Labute approximate surface area is 204 Å². The lowest BCUT2D eigenvalue weighted by Gasteiger charge is -2.31. The van der Waals surface area contributed by atoms with Crippen molar-refractivity contribution < 1.29 is 9.53 Å². The summed E-state index contributed by atoms with van der Waals surface area (Å²) in [5.41, 5.74) is 2.11. The maximum absolute atomic E-state index is 13.3. The first-order valence-electron chi connectivity index (χ1n) is 12.1. The summed E-state index contributed by atoms with van der Waals surface area (Å²) in [5, 5.41) is 3.08. The summed E-state index contributed by atoms with van der Waals surface area (Å²) in [6.45, 7) is 11.8. The summed E-state index contributed by atoms with van der Waals surface area (Å²) in [6, 6.07) is 9.78. The molecule has 2 aromatic heterocycles. The van der Waals surface area contributed by atoms with Crippen LogP contribution in [0.1, 0.15) is 60.8 Å². The zero-order valence-electron chi connectivity index (χ0n) is 20.8. The molecule has 0 radical (unpaired) electrons. The van der Waals surface area contributed by atoms with Crippen molar-refractivity contribution in [2.45, 2.75) is 59.4 Å². The molecule has 9 heteroatoms. The van der Waals surface area contributed by atoms with Crippen LogP contribution >= 0.6 is 0 Å². The van der Waals surface area contributed by atoms with Crippen molar-refractivity contribution >= 4 is 16.9 Å². The molecule has 9 nitrogen and oxygen atoms in total. The van der Waals surface area contributed by atoms with Gasteiger partial charge in [-0.1, -0.05) is 38.1 Å². The second-order valence-electron chi connectivity index (χ2n) is 9.37. The van der Waals surface area contributed by atoms with E-state index in [0.29, 0.717) is 18.8 Å². The number of aromatic nitrogens is 3. The molecule has 1 unspecified atom stereocenters. The Hall–Kier alpha value is -3.30. The maximum atomic E-state index is 13.3. The van der Waals surface area contributed by atoms with Crippen molar-refractivity contribution in [2.75, 3.05) is 19.7 Å². The van der Waals surface area contributed by atoms with Gasteiger partial charge in [-0.15, -0.1) is 0 Å². The lowest BCUT2D eigenvalue weighted by Crippen LogP contribution is -2.40. The van der Waals surface area contributed by atoms with Crippen LogP contribution in [0.2, 0.25) is 0 Å². The second kappa shape index (κ2) is 10.5. The molecule has 3 heterocycles. The topological polar surface area (TPSA) is 109 Å². The number of aromatic amines is 1. The van der Waals surface area contributed by atoms with E-state index in [1.165, 1.54) is 10.1 Å². The number of ether oxygens (including phenoxy) is 1. The number of morpholine rings is 1. The molecule has 0 spiro atoms. The van der Waals surface area contributed by atoms with Gasteiger partial charge in [0.05, 0.1) is 23.7 Å². The van der Waals surface area contributed by atoms with Gasteiger partial charge in [0.15, 0.2) is 5.65 Å². The summed E-state index contributed by atoms with van der Waals surface area (Å²) >= 11 is 0. The molecule has 1 atom stereocenters. The van der Waals surface area contributed by atoms with Crippen molar-refractivity contribution in [2.24, 2.45) is 0 Å². The van der Waals surface area contributed by atoms with Crippen molar-refractivity contribution in [3.63, 3.8) is 0 Å². The number of benzene rings is 1. The Morgan fingerprint density at radius 3 is 2.74 bits per heavy atom. The molecule has 2 N–H and O–H groups in total. The zero-order valence-corrected chi connectivity index (χ0v) is 20.8. The number of nitrogens with one attached hydrogen (secondary N) is 2. The van der Waals surface area contributed by atoms with Crippen molar-refractivity contribution in [3.05, 3.63) is 73.6 Å². The highest BCUT2D eigenvalue weighted by Crippen LogP contribution is 2.20. The lowest BCUT2D eigenvalue weighted by molar-refractivity contribution is -0.0212. The average molecular weight is 480 g/mol. The van der Waals surface area contributed by atoms with Gasteiger partial charge in [-0.2, -0.15) is 0 Å². The summed E-state index contributed by atoms with van der Waals surface area (Å²) < 4.78 is 7.01. The first-order chi connectivity index (χ1) is 16.8. The van der Waals surface area contributed by atoms with Gasteiger partial charge in [0.2, 0.25) is 0 Å². The maximum Gasteiger partial charge on any atom is 0.329 e. The monoisotopic (exact) mass is 479 g/mol. The van der Waals surface area contributed by atoms with Crippen molar-refractivity contribution in [3.8, 4) is 0 Å². The highest BCUT2D eigenvalue weighted by atomic mass is 16.5. The van der Waals surface area contributed by atoms with Crippen LogP contribution < -0.4 is 16.6 Å². The molecule has 4 rings (SSSR count). The lowest BCUT2D eigenvalue weighted by atomic mass is 10.0. The minimum Gasteiger partial charge on any atom is -0.376 e. The fourth-order valence-corrected chi connectivity index (χ4v) is 4.47. The van der Waals surface area contributed by atoms with Crippen LogP contribution in [0.3, 0.4) is 0 Å². The van der Waals surface area contributed by atoms with Crippen LogP contribution in [0.25, 0.3) is 11.0 Å². The predicted molar refractivity (Wildman–Crippen MR) is 135 cm³/mol. The molecule has 1 aliphatic rings. The largest absolute Gasteiger partial charge is 0.376 e. The minimum absolute atomic E-state index is 0.0187. The van der Waals surface area contributed by atoms with Crippen LogP contribution in [0, 0.1) is 0 Å². The van der Waals surface area contributed by atoms with E-state index in [0.717, 1.165) is 31.8 Å². The third-order valence-electron chi connectivity index (χ3n) is 6.30. The fourth-order valence-electron chi connectivity index (χ4n) is 4.47. The van der Waals surface area contributed by atoms with Crippen LogP contribution in [-0.4, -0.2) is 51.1 Å². The molecule has 1 aliphatic heterocycles. The smallest absolute Gasteiger partial charge is 0.329 e. The van der Waals surface area contributed by atoms with Crippen LogP contribution in [0.5, 0.6) is 0 Å². The van der Waals surface area contributed by atoms with E-state index in [9.17, 15) is 14.4 Å². The number of hydrogen-bond donors (Lipinski definition) is 2. The van der Waals surface area contributed by atoms with E-state index in [1.807, 2.05) is 26.0 Å². The van der Waals surface area contributed by atoms with Crippen LogP contribution in [0.4, 0.5) is 0 Å². The summed E-state index contributed by atoms with van der Waals surface area (Å²) in [4.78, 5) is 47.5. The number of fused-ring (bicyclic) bond motifs is 1. The zero-order chi connectivity index (χ0) is 25.1. The molecular formula is C26H33N5O4. The van der Waals surface area contributed by atoms with Gasteiger partial charge < -0.3 is 10.1 Å². The first kappa shape index (κ1) is 24.8. The number of amides is 1. The molecule has 0 aliphatic carbocycles. The fraction of sp³-hybridized carbons (Fsp3) is 0.462. The molecule has 186 valence electrons. The summed E-state index contributed by atoms with van der Waals surface area (Å²) in [5.74, 6) is -0.358.